The van der Waals surface area contributed by atoms with Crippen molar-refractivity contribution in [1.29, 1.82) is 0 Å². The third kappa shape index (κ3) is 2.00. The molecule has 0 aromatic carbocycles. The van der Waals surface area contributed by atoms with Crippen LogP contribution in [0, 0.1) is 5.41 Å². The predicted molar refractivity (Wildman–Crippen MR) is 71.1 cm³/mol. The number of nitrogens with zero attached hydrogens (tertiary/aromatic N) is 3. The van der Waals surface area contributed by atoms with Gasteiger partial charge in [0, 0.05) is 50.9 Å². The highest BCUT2D eigenvalue weighted by Crippen LogP contribution is 2.36. The van der Waals surface area contributed by atoms with E-state index in [0.29, 0.717) is 5.41 Å². The Kier molecular flexibility index (Phi) is 2.68. The molecule has 0 bridgehead atoms. The molecule has 0 amide bonds. The van der Waals surface area contributed by atoms with Crippen molar-refractivity contribution in [2.24, 2.45) is 5.41 Å². The summed E-state index contributed by atoms with van der Waals surface area (Å²) in [5, 5.41) is 6.68. The summed E-state index contributed by atoms with van der Waals surface area (Å²) in [7, 11) is 0. The standard InChI is InChI=1S/C13H19N5O/c1-2-16-12(18-8-13(9-18)6-15-7-13)17-10(1)11-5-14-3-4-19-11/h1-2,11,14-15H,3-9H2. The van der Waals surface area contributed by atoms with E-state index in [4.69, 9.17) is 4.74 Å². The maximum absolute atomic E-state index is 5.74. The second-order valence-electron chi connectivity index (χ2n) is 5.80. The van der Waals surface area contributed by atoms with Gasteiger partial charge in [-0.2, -0.15) is 0 Å². The van der Waals surface area contributed by atoms with Gasteiger partial charge in [0.25, 0.3) is 0 Å². The Bertz CT molecular complexity index is 462. The van der Waals surface area contributed by atoms with Crippen molar-refractivity contribution >= 4 is 5.95 Å². The van der Waals surface area contributed by atoms with Gasteiger partial charge in [-0.15, -0.1) is 0 Å². The zero-order valence-corrected chi connectivity index (χ0v) is 10.9. The van der Waals surface area contributed by atoms with Crippen LogP contribution in [-0.4, -0.2) is 55.8 Å². The number of morpholine rings is 1. The zero-order valence-electron chi connectivity index (χ0n) is 10.9. The Hall–Kier alpha value is -1.24. The van der Waals surface area contributed by atoms with Gasteiger partial charge in [0.15, 0.2) is 0 Å². The van der Waals surface area contributed by atoms with Crippen molar-refractivity contribution in [3.8, 4) is 0 Å². The van der Waals surface area contributed by atoms with Gasteiger partial charge in [-0.3, -0.25) is 0 Å². The molecule has 6 nitrogen and oxygen atoms in total. The molecular formula is C13H19N5O. The summed E-state index contributed by atoms with van der Waals surface area (Å²) >= 11 is 0. The van der Waals surface area contributed by atoms with E-state index in [1.807, 2.05) is 12.3 Å². The van der Waals surface area contributed by atoms with Crippen LogP contribution in [0.2, 0.25) is 0 Å². The molecular weight excluding hydrogens is 242 g/mol. The summed E-state index contributed by atoms with van der Waals surface area (Å²) in [5.41, 5.74) is 1.49. The lowest BCUT2D eigenvalue weighted by molar-refractivity contribution is 0.0249. The molecule has 3 fully saturated rings. The molecule has 4 rings (SSSR count). The first-order chi connectivity index (χ1) is 9.35. The van der Waals surface area contributed by atoms with Crippen LogP contribution >= 0.6 is 0 Å². The Morgan fingerprint density at radius 1 is 1.32 bits per heavy atom. The molecule has 102 valence electrons. The highest BCUT2D eigenvalue weighted by atomic mass is 16.5. The molecule has 1 aromatic heterocycles. The molecule has 19 heavy (non-hydrogen) atoms. The quantitative estimate of drug-likeness (QED) is 0.752. The lowest BCUT2D eigenvalue weighted by atomic mass is 9.75. The molecule has 3 aliphatic rings. The fourth-order valence-corrected chi connectivity index (χ4v) is 3.06. The smallest absolute Gasteiger partial charge is 0.225 e. The number of hydrogen-bond acceptors (Lipinski definition) is 6. The molecule has 3 aliphatic heterocycles. The number of aromatic nitrogens is 2. The number of anilines is 1. The second kappa shape index (κ2) is 4.40. The van der Waals surface area contributed by atoms with Crippen molar-refractivity contribution in [3.63, 3.8) is 0 Å². The van der Waals surface area contributed by atoms with Gasteiger partial charge < -0.3 is 20.3 Å². The van der Waals surface area contributed by atoms with Crippen LogP contribution in [0.4, 0.5) is 5.95 Å². The van der Waals surface area contributed by atoms with Crippen molar-refractivity contribution in [2.45, 2.75) is 6.10 Å². The highest BCUT2D eigenvalue weighted by Gasteiger charge is 2.48. The lowest BCUT2D eigenvalue weighted by Gasteiger charge is -2.56. The molecule has 4 heterocycles. The van der Waals surface area contributed by atoms with E-state index in [0.717, 1.165) is 57.5 Å². The minimum absolute atomic E-state index is 0.0658. The van der Waals surface area contributed by atoms with Crippen molar-refractivity contribution in [2.75, 3.05) is 50.8 Å². The normalized spacial score (nSPS) is 28.8. The first kappa shape index (κ1) is 11.6. The van der Waals surface area contributed by atoms with Crippen molar-refractivity contribution < 1.29 is 4.74 Å². The average Bonchev–Trinajstić information content (AvgIpc) is 2.37. The monoisotopic (exact) mass is 261 g/mol. The van der Waals surface area contributed by atoms with Gasteiger partial charge in [0.05, 0.1) is 12.3 Å². The van der Waals surface area contributed by atoms with Gasteiger partial charge in [-0.05, 0) is 6.07 Å². The Morgan fingerprint density at radius 3 is 2.89 bits per heavy atom. The van der Waals surface area contributed by atoms with Crippen LogP contribution in [0.15, 0.2) is 12.3 Å². The second-order valence-corrected chi connectivity index (χ2v) is 5.80. The van der Waals surface area contributed by atoms with E-state index in [1.54, 1.807) is 0 Å². The van der Waals surface area contributed by atoms with Gasteiger partial charge >= 0.3 is 0 Å². The first-order valence-corrected chi connectivity index (χ1v) is 6.96. The van der Waals surface area contributed by atoms with Gasteiger partial charge in [0.2, 0.25) is 5.95 Å². The minimum atomic E-state index is 0.0658. The molecule has 0 aliphatic carbocycles. The topological polar surface area (TPSA) is 62.3 Å². The Morgan fingerprint density at radius 2 is 2.21 bits per heavy atom. The number of ether oxygens (including phenoxy) is 1. The Balaban J connectivity index is 1.47. The third-order valence-electron chi connectivity index (χ3n) is 4.26. The largest absolute Gasteiger partial charge is 0.369 e. The Labute approximate surface area is 112 Å². The van der Waals surface area contributed by atoms with E-state index in [-0.39, 0.29) is 6.10 Å². The summed E-state index contributed by atoms with van der Waals surface area (Å²) in [6.07, 6.45) is 1.91. The zero-order chi connectivity index (χ0) is 12.7. The van der Waals surface area contributed by atoms with Crippen LogP contribution < -0.4 is 15.5 Å². The van der Waals surface area contributed by atoms with E-state index in [9.17, 15) is 0 Å². The van der Waals surface area contributed by atoms with E-state index in [1.165, 1.54) is 0 Å². The highest BCUT2D eigenvalue weighted by molar-refractivity contribution is 5.38. The summed E-state index contributed by atoms with van der Waals surface area (Å²) in [5.74, 6) is 0.851. The molecule has 6 heteroatoms. The SMILES string of the molecule is c1cc(C2CNCCO2)nc(N2CC3(CNC3)C2)n1. The number of nitrogens with one attached hydrogen (secondary N) is 2. The molecule has 1 unspecified atom stereocenters. The lowest BCUT2D eigenvalue weighted by Crippen LogP contribution is -2.71. The van der Waals surface area contributed by atoms with Crippen molar-refractivity contribution in [1.82, 2.24) is 20.6 Å². The van der Waals surface area contributed by atoms with Crippen LogP contribution in [0.3, 0.4) is 0 Å². The molecule has 2 N–H and O–H groups in total. The number of hydrogen-bond donors (Lipinski definition) is 2. The summed E-state index contributed by atoms with van der Waals surface area (Å²) < 4.78 is 5.74. The average molecular weight is 261 g/mol. The minimum Gasteiger partial charge on any atom is -0.369 e. The maximum Gasteiger partial charge on any atom is 0.225 e. The molecule has 0 saturated carbocycles. The van der Waals surface area contributed by atoms with Crippen LogP contribution in [0.5, 0.6) is 0 Å². The molecule has 3 saturated heterocycles. The molecule has 1 spiro atoms. The van der Waals surface area contributed by atoms with Crippen LogP contribution in [0.25, 0.3) is 0 Å². The maximum atomic E-state index is 5.74. The van der Waals surface area contributed by atoms with Gasteiger partial charge in [-0.1, -0.05) is 0 Å². The summed E-state index contributed by atoms with van der Waals surface area (Å²) in [4.78, 5) is 11.3. The fraction of sp³-hybridized carbons (Fsp3) is 0.692. The predicted octanol–water partition coefficient (Wildman–Crippen LogP) is -0.453. The van der Waals surface area contributed by atoms with E-state index >= 15 is 0 Å². The van der Waals surface area contributed by atoms with E-state index < -0.39 is 0 Å². The third-order valence-corrected chi connectivity index (χ3v) is 4.26. The van der Waals surface area contributed by atoms with Gasteiger partial charge in [0.1, 0.15) is 6.10 Å². The summed E-state index contributed by atoms with van der Waals surface area (Å²) in [6, 6.07) is 1.96. The first-order valence-electron chi connectivity index (χ1n) is 6.96. The number of rotatable bonds is 2. The molecule has 1 atom stereocenters. The van der Waals surface area contributed by atoms with Crippen LogP contribution in [-0.2, 0) is 4.74 Å². The molecule has 1 aromatic rings. The van der Waals surface area contributed by atoms with Crippen molar-refractivity contribution in [3.05, 3.63) is 18.0 Å². The van der Waals surface area contributed by atoms with E-state index in [2.05, 4.69) is 25.5 Å². The molecule has 0 radical (unpaired) electrons. The fourth-order valence-electron chi connectivity index (χ4n) is 3.06. The van der Waals surface area contributed by atoms with Gasteiger partial charge in [-0.25, -0.2) is 9.97 Å². The summed E-state index contributed by atoms with van der Waals surface area (Å²) in [6.45, 7) is 6.95. The van der Waals surface area contributed by atoms with Crippen LogP contribution in [0.1, 0.15) is 11.8 Å².